The highest BCUT2D eigenvalue weighted by Crippen LogP contribution is 2.35. The first-order valence-electron chi connectivity index (χ1n) is 4.66. The number of benzene rings is 1. The molecule has 1 rings (SSSR count). The molecule has 14 heavy (non-hydrogen) atoms. The van der Waals surface area contributed by atoms with Gasteiger partial charge in [-0.2, -0.15) is 0 Å². The van der Waals surface area contributed by atoms with Crippen molar-refractivity contribution in [2.75, 3.05) is 5.73 Å². The van der Waals surface area contributed by atoms with Gasteiger partial charge in [-0.3, -0.25) is 0 Å². The Labute approximate surface area is 84.7 Å². The molecule has 0 amide bonds. The third-order valence-electron chi connectivity index (χ3n) is 2.32. The lowest BCUT2D eigenvalue weighted by Gasteiger charge is -2.27. The molecule has 0 radical (unpaired) electrons. The fourth-order valence-corrected chi connectivity index (χ4v) is 1.29. The van der Waals surface area contributed by atoms with Crippen LogP contribution in [0.4, 0.5) is 5.69 Å². The van der Waals surface area contributed by atoms with Crippen molar-refractivity contribution in [3.8, 4) is 5.75 Å². The quantitative estimate of drug-likeness (QED) is 0.599. The molecule has 1 aromatic carbocycles. The molecule has 78 valence electrons. The number of aromatic hydroxyl groups is 1. The highest BCUT2D eigenvalue weighted by Gasteiger charge is 2.24. The van der Waals surface area contributed by atoms with Gasteiger partial charge in [-0.05, 0) is 11.5 Å². The van der Waals surface area contributed by atoms with E-state index < -0.39 is 0 Å². The Balaban J connectivity index is 3.08. The van der Waals surface area contributed by atoms with Crippen LogP contribution < -0.4 is 11.5 Å². The second-order valence-electron chi connectivity index (χ2n) is 4.66. The van der Waals surface area contributed by atoms with Crippen LogP contribution in [0.3, 0.4) is 0 Å². The predicted octanol–water partition coefficient (Wildman–Crippen LogP) is 2.02. The van der Waals surface area contributed by atoms with Crippen molar-refractivity contribution in [2.24, 2.45) is 11.1 Å². The minimum absolute atomic E-state index is 0.0758. The van der Waals surface area contributed by atoms with E-state index in [4.69, 9.17) is 11.5 Å². The van der Waals surface area contributed by atoms with Crippen LogP contribution in [0.15, 0.2) is 18.2 Å². The highest BCUT2D eigenvalue weighted by atomic mass is 16.3. The van der Waals surface area contributed by atoms with Gasteiger partial charge in [-0.1, -0.05) is 26.8 Å². The summed E-state index contributed by atoms with van der Waals surface area (Å²) in [6, 6.07) is 4.87. The molecule has 0 aromatic heterocycles. The maximum Gasteiger partial charge on any atom is 0.122 e. The second kappa shape index (κ2) is 3.50. The minimum atomic E-state index is -0.192. The highest BCUT2D eigenvalue weighted by molar-refractivity contribution is 5.49. The number of phenolic OH excluding ortho intramolecular Hbond substituents is 1. The summed E-state index contributed by atoms with van der Waals surface area (Å²) in [4.78, 5) is 0. The normalized spacial score (nSPS) is 14.0. The maximum absolute atomic E-state index is 9.67. The van der Waals surface area contributed by atoms with Gasteiger partial charge in [-0.25, -0.2) is 0 Å². The first-order valence-corrected chi connectivity index (χ1v) is 4.66. The molecule has 0 saturated heterocycles. The largest absolute Gasteiger partial charge is 0.508 e. The summed E-state index contributed by atoms with van der Waals surface area (Å²) in [7, 11) is 0. The topological polar surface area (TPSA) is 72.3 Å². The molecule has 0 aliphatic heterocycles. The van der Waals surface area contributed by atoms with Gasteiger partial charge in [0.05, 0.1) is 0 Å². The van der Waals surface area contributed by atoms with Gasteiger partial charge in [0.1, 0.15) is 5.75 Å². The van der Waals surface area contributed by atoms with Gasteiger partial charge in [0.25, 0.3) is 0 Å². The van der Waals surface area contributed by atoms with Gasteiger partial charge >= 0.3 is 0 Å². The first-order chi connectivity index (χ1) is 6.32. The van der Waals surface area contributed by atoms with Crippen LogP contribution in [-0.4, -0.2) is 5.11 Å². The summed E-state index contributed by atoms with van der Waals surface area (Å²) in [6.45, 7) is 6.11. The molecule has 0 aliphatic carbocycles. The van der Waals surface area contributed by atoms with Gasteiger partial charge in [-0.15, -0.1) is 0 Å². The van der Waals surface area contributed by atoms with Gasteiger partial charge in [0, 0.05) is 23.4 Å². The Hall–Kier alpha value is -1.22. The summed E-state index contributed by atoms with van der Waals surface area (Å²) in [6.07, 6.45) is 0. The van der Waals surface area contributed by atoms with Crippen molar-refractivity contribution < 1.29 is 5.11 Å². The van der Waals surface area contributed by atoms with Crippen molar-refractivity contribution in [3.05, 3.63) is 23.8 Å². The molecule has 1 unspecified atom stereocenters. The third-order valence-corrected chi connectivity index (χ3v) is 2.32. The smallest absolute Gasteiger partial charge is 0.122 e. The summed E-state index contributed by atoms with van der Waals surface area (Å²) in [5.41, 5.74) is 12.8. The minimum Gasteiger partial charge on any atom is -0.508 e. The fraction of sp³-hybridized carbons (Fsp3) is 0.455. The van der Waals surface area contributed by atoms with Crippen molar-refractivity contribution in [3.63, 3.8) is 0 Å². The standard InChI is InChI=1S/C11H18N2O/c1-11(2,3)10(13)8-5-4-7(12)6-9(8)14/h4-6,10,14H,12-13H2,1-3H3. The monoisotopic (exact) mass is 194 g/mol. The van der Waals surface area contributed by atoms with Crippen molar-refractivity contribution in [1.82, 2.24) is 0 Å². The zero-order valence-electron chi connectivity index (χ0n) is 8.91. The summed E-state index contributed by atoms with van der Waals surface area (Å²) >= 11 is 0. The van der Waals surface area contributed by atoms with Crippen LogP contribution >= 0.6 is 0 Å². The summed E-state index contributed by atoms with van der Waals surface area (Å²) < 4.78 is 0. The van der Waals surface area contributed by atoms with Gasteiger partial charge in [0.15, 0.2) is 0 Å². The Morgan fingerprint density at radius 1 is 1.29 bits per heavy atom. The SMILES string of the molecule is CC(C)(C)C(N)c1ccc(N)cc1O. The van der Waals surface area contributed by atoms with Gasteiger partial charge < -0.3 is 16.6 Å². The maximum atomic E-state index is 9.67. The molecule has 0 saturated carbocycles. The average molecular weight is 194 g/mol. The van der Waals surface area contributed by atoms with E-state index in [-0.39, 0.29) is 17.2 Å². The molecule has 1 aromatic rings. The Kier molecular flexibility index (Phi) is 2.71. The third kappa shape index (κ3) is 2.17. The van der Waals surface area contributed by atoms with E-state index in [1.54, 1.807) is 12.1 Å². The number of nitrogen functional groups attached to an aromatic ring is 1. The Bertz CT molecular complexity index is 329. The molecule has 3 nitrogen and oxygen atoms in total. The van der Waals surface area contributed by atoms with E-state index in [0.29, 0.717) is 5.69 Å². The van der Waals surface area contributed by atoms with Crippen LogP contribution in [0.1, 0.15) is 32.4 Å². The molecular weight excluding hydrogens is 176 g/mol. The molecule has 0 heterocycles. The van der Waals surface area contributed by atoms with Crippen LogP contribution in [0.5, 0.6) is 5.75 Å². The Morgan fingerprint density at radius 2 is 1.86 bits per heavy atom. The van der Waals surface area contributed by atoms with Crippen molar-refractivity contribution in [2.45, 2.75) is 26.8 Å². The van der Waals surface area contributed by atoms with E-state index in [1.807, 2.05) is 20.8 Å². The number of hydrogen-bond acceptors (Lipinski definition) is 3. The number of rotatable bonds is 1. The number of hydrogen-bond donors (Lipinski definition) is 3. The molecule has 0 bridgehead atoms. The predicted molar refractivity (Wildman–Crippen MR) is 58.9 cm³/mol. The van der Waals surface area contributed by atoms with Crippen LogP contribution in [0.25, 0.3) is 0 Å². The summed E-state index contributed by atoms with van der Waals surface area (Å²) in [5.74, 6) is 0.174. The molecule has 0 spiro atoms. The zero-order chi connectivity index (χ0) is 10.9. The lowest BCUT2D eigenvalue weighted by Crippen LogP contribution is -2.26. The van der Waals surface area contributed by atoms with Crippen LogP contribution in [0.2, 0.25) is 0 Å². The molecule has 5 N–H and O–H groups in total. The number of phenols is 1. The molecule has 3 heteroatoms. The van der Waals surface area contributed by atoms with E-state index in [9.17, 15) is 5.11 Å². The number of nitrogens with two attached hydrogens (primary N) is 2. The second-order valence-corrected chi connectivity index (χ2v) is 4.66. The number of anilines is 1. The van der Waals surface area contributed by atoms with Gasteiger partial charge in [0.2, 0.25) is 0 Å². The summed E-state index contributed by atoms with van der Waals surface area (Å²) in [5, 5.41) is 9.67. The van der Waals surface area contributed by atoms with Crippen LogP contribution in [0, 0.1) is 5.41 Å². The van der Waals surface area contributed by atoms with Crippen molar-refractivity contribution >= 4 is 5.69 Å². The van der Waals surface area contributed by atoms with Crippen LogP contribution in [-0.2, 0) is 0 Å². The molecule has 0 aliphatic rings. The lowest BCUT2D eigenvalue weighted by molar-refractivity contribution is 0.318. The van der Waals surface area contributed by atoms with E-state index in [1.165, 1.54) is 6.07 Å². The molecule has 0 fully saturated rings. The average Bonchev–Trinajstić information content (AvgIpc) is 2.01. The fourth-order valence-electron chi connectivity index (χ4n) is 1.29. The first kappa shape index (κ1) is 10.9. The Morgan fingerprint density at radius 3 is 2.29 bits per heavy atom. The zero-order valence-corrected chi connectivity index (χ0v) is 8.91. The molecule has 1 atom stereocenters. The van der Waals surface area contributed by atoms with E-state index in [0.717, 1.165) is 5.56 Å². The molecular formula is C11H18N2O. The van der Waals surface area contributed by atoms with Crippen molar-refractivity contribution in [1.29, 1.82) is 0 Å². The lowest BCUT2D eigenvalue weighted by atomic mass is 9.83. The van der Waals surface area contributed by atoms with E-state index >= 15 is 0 Å². The van der Waals surface area contributed by atoms with E-state index in [2.05, 4.69) is 0 Å².